The van der Waals surface area contributed by atoms with Gasteiger partial charge in [0.2, 0.25) is 0 Å². The molecule has 1 aliphatic heterocycles. The van der Waals surface area contributed by atoms with E-state index in [2.05, 4.69) is 6.58 Å². The third-order valence-electron chi connectivity index (χ3n) is 5.49. The molecular weight excluding hydrogens is 216 g/mol. The Bertz CT molecular complexity index is 378. The number of fused-ring (bicyclic) bond motifs is 7. The number of carbonyl (C=O) groups is 1. The molecule has 0 aromatic carbocycles. The number of hydrogen-bond acceptors (Lipinski definition) is 3. The zero-order valence-electron chi connectivity index (χ0n) is 9.88. The summed E-state index contributed by atoms with van der Waals surface area (Å²) in [6.07, 6.45) is 6.31. The monoisotopic (exact) mass is 234 g/mol. The van der Waals surface area contributed by atoms with Crippen molar-refractivity contribution in [2.45, 2.75) is 31.5 Å². The molecule has 4 rings (SSSR count). The summed E-state index contributed by atoms with van der Waals surface area (Å²) in [5.41, 5.74) is 0. The third kappa shape index (κ3) is 1.35. The smallest absolute Gasteiger partial charge is 0.330 e. The largest absolute Gasteiger partial charge is 0.462 e. The maximum absolute atomic E-state index is 11.1. The van der Waals surface area contributed by atoms with Crippen molar-refractivity contribution in [1.82, 2.24) is 0 Å². The van der Waals surface area contributed by atoms with Gasteiger partial charge in [0.15, 0.2) is 0 Å². The lowest BCUT2D eigenvalue weighted by Gasteiger charge is -2.32. The second kappa shape index (κ2) is 3.35. The summed E-state index contributed by atoms with van der Waals surface area (Å²) in [6, 6.07) is 0. The van der Waals surface area contributed by atoms with E-state index in [1.54, 1.807) is 0 Å². The van der Waals surface area contributed by atoms with Gasteiger partial charge in [-0.25, -0.2) is 4.79 Å². The molecule has 7 atom stereocenters. The van der Waals surface area contributed by atoms with Crippen molar-refractivity contribution in [3.63, 3.8) is 0 Å². The van der Waals surface area contributed by atoms with Crippen LogP contribution in [0.1, 0.15) is 19.3 Å². The van der Waals surface area contributed by atoms with E-state index in [4.69, 9.17) is 9.47 Å². The van der Waals surface area contributed by atoms with Crippen molar-refractivity contribution in [1.29, 1.82) is 0 Å². The molecule has 6 unspecified atom stereocenters. The normalized spacial score (nSPS) is 53.1. The van der Waals surface area contributed by atoms with Gasteiger partial charge < -0.3 is 9.47 Å². The maximum atomic E-state index is 11.1. The molecular formula is C14H18O3. The molecule has 0 spiro atoms. The van der Waals surface area contributed by atoms with Gasteiger partial charge in [-0.05, 0) is 48.9 Å². The minimum atomic E-state index is -0.281. The molecule has 0 aromatic heterocycles. The predicted octanol–water partition coefficient (Wildman–Crippen LogP) is 1.78. The van der Waals surface area contributed by atoms with Crippen molar-refractivity contribution < 1.29 is 14.3 Å². The Balaban J connectivity index is 1.43. The Kier molecular flexibility index (Phi) is 1.99. The SMILES string of the molecule is C=CC(=O)OCC1CC2CC1C1C2C[C@H]2OC12. The standard InChI is InChI=1S/C14H18O3/c1-2-12(15)16-6-8-3-7-4-9(8)13-10(7)5-11-14(13)17-11/h2,7-11,13-14H,1,3-6H2/t7?,8?,9?,10?,11-,13?,14?/m1/s1. The molecule has 92 valence electrons. The quantitative estimate of drug-likeness (QED) is 0.424. The number of carbonyl (C=O) groups excluding carboxylic acids is 1. The number of hydrogen-bond donors (Lipinski definition) is 0. The van der Waals surface area contributed by atoms with Crippen LogP contribution in [0.25, 0.3) is 0 Å². The molecule has 3 saturated carbocycles. The van der Waals surface area contributed by atoms with Crippen LogP contribution in [0, 0.1) is 29.6 Å². The summed E-state index contributed by atoms with van der Waals surface area (Å²) >= 11 is 0. The van der Waals surface area contributed by atoms with Crippen LogP contribution in [-0.4, -0.2) is 24.8 Å². The van der Waals surface area contributed by atoms with E-state index in [1.807, 2.05) is 0 Å². The molecule has 0 radical (unpaired) electrons. The fourth-order valence-corrected chi connectivity index (χ4v) is 4.88. The van der Waals surface area contributed by atoms with Crippen LogP contribution in [0.2, 0.25) is 0 Å². The second-order valence-corrected chi connectivity index (χ2v) is 6.11. The van der Waals surface area contributed by atoms with Crippen molar-refractivity contribution in [2.24, 2.45) is 29.6 Å². The van der Waals surface area contributed by atoms with E-state index >= 15 is 0 Å². The molecule has 3 aliphatic carbocycles. The van der Waals surface area contributed by atoms with E-state index in [9.17, 15) is 4.79 Å². The molecule has 0 aromatic rings. The van der Waals surface area contributed by atoms with E-state index in [1.165, 1.54) is 25.3 Å². The van der Waals surface area contributed by atoms with Gasteiger partial charge in [0.05, 0.1) is 18.8 Å². The van der Waals surface area contributed by atoms with E-state index in [0.717, 1.165) is 23.7 Å². The van der Waals surface area contributed by atoms with Gasteiger partial charge in [-0.3, -0.25) is 0 Å². The summed E-state index contributed by atoms with van der Waals surface area (Å²) < 4.78 is 10.9. The van der Waals surface area contributed by atoms with Crippen LogP contribution in [-0.2, 0) is 14.3 Å². The highest BCUT2D eigenvalue weighted by molar-refractivity contribution is 5.81. The van der Waals surface area contributed by atoms with E-state index < -0.39 is 0 Å². The third-order valence-corrected chi connectivity index (χ3v) is 5.49. The van der Waals surface area contributed by atoms with Crippen LogP contribution >= 0.6 is 0 Å². The Morgan fingerprint density at radius 3 is 3.06 bits per heavy atom. The Hall–Kier alpha value is -0.830. The van der Waals surface area contributed by atoms with Crippen LogP contribution in [0.15, 0.2) is 12.7 Å². The first-order valence-electron chi connectivity index (χ1n) is 6.72. The highest BCUT2D eigenvalue weighted by Gasteiger charge is 2.66. The average molecular weight is 234 g/mol. The number of epoxide rings is 1. The minimum absolute atomic E-state index is 0.281. The van der Waals surface area contributed by atoms with Crippen molar-refractivity contribution in [3.8, 4) is 0 Å². The van der Waals surface area contributed by atoms with Gasteiger partial charge >= 0.3 is 5.97 Å². The first-order valence-corrected chi connectivity index (χ1v) is 6.72. The van der Waals surface area contributed by atoms with Crippen LogP contribution in [0.3, 0.4) is 0 Å². The summed E-state index contributed by atoms with van der Waals surface area (Å²) in [7, 11) is 0. The maximum Gasteiger partial charge on any atom is 0.330 e. The molecule has 4 fully saturated rings. The van der Waals surface area contributed by atoms with E-state index in [0.29, 0.717) is 24.7 Å². The molecule has 1 heterocycles. The molecule has 1 saturated heterocycles. The first-order chi connectivity index (χ1) is 8.28. The number of ether oxygens (including phenoxy) is 2. The summed E-state index contributed by atoms with van der Waals surface area (Å²) in [6.45, 7) is 4.02. The lowest BCUT2D eigenvalue weighted by molar-refractivity contribution is -0.140. The molecule has 0 N–H and O–H groups in total. The molecule has 17 heavy (non-hydrogen) atoms. The van der Waals surface area contributed by atoms with Gasteiger partial charge in [-0.15, -0.1) is 0 Å². The van der Waals surface area contributed by atoms with Gasteiger partial charge in [-0.2, -0.15) is 0 Å². The van der Waals surface area contributed by atoms with Gasteiger partial charge in [0.25, 0.3) is 0 Å². The first kappa shape index (κ1) is 10.1. The van der Waals surface area contributed by atoms with Crippen molar-refractivity contribution in [3.05, 3.63) is 12.7 Å². The fourth-order valence-electron chi connectivity index (χ4n) is 4.88. The number of esters is 1. The number of rotatable bonds is 3. The van der Waals surface area contributed by atoms with Crippen LogP contribution in [0.4, 0.5) is 0 Å². The summed E-state index contributed by atoms with van der Waals surface area (Å²) in [5, 5.41) is 0. The Morgan fingerprint density at radius 1 is 1.35 bits per heavy atom. The van der Waals surface area contributed by atoms with E-state index in [-0.39, 0.29) is 5.97 Å². The Morgan fingerprint density at radius 2 is 2.24 bits per heavy atom. The molecule has 4 aliphatic rings. The molecule has 3 nitrogen and oxygen atoms in total. The highest BCUT2D eigenvalue weighted by atomic mass is 16.6. The summed E-state index contributed by atoms with van der Waals surface area (Å²) in [4.78, 5) is 11.1. The predicted molar refractivity (Wildman–Crippen MR) is 61.1 cm³/mol. The average Bonchev–Trinajstić information content (AvgIpc) is 2.75. The Labute approximate surface area is 101 Å². The minimum Gasteiger partial charge on any atom is -0.462 e. The molecule has 3 heteroatoms. The van der Waals surface area contributed by atoms with Crippen molar-refractivity contribution >= 4 is 5.97 Å². The molecule has 2 bridgehead atoms. The van der Waals surface area contributed by atoms with Crippen LogP contribution < -0.4 is 0 Å². The van der Waals surface area contributed by atoms with Gasteiger partial charge in [0, 0.05) is 6.08 Å². The lowest BCUT2D eigenvalue weighted by Crippen LogP contribution is -2.31. The van der Waals surface area contributed by atoms with Crippen molar-refractivity contribution in [2.75, 3.05) is 6.61 Å². The molecule has 0 amide bonds. The zero-order valence-corrected chi connectivity index (χ0v) is 9.88. The fraction of sp³-hybridized carbons (Fsp3) is 0.786. The highest BCUT2D eigenvalue weighted by Crippen LogP contribution is 2.65. The topological polar surface area (TPSA) is 38.8 Å². The van der Waals surface area contributed by atoms with Crippen LogP contribution in [0.5, 0.6) is 0 Å². The second-order valence-electron chi connectivity index (χ2n) is 6.11. The lowest BCUT2D eigenvalue weighted by atomic mass is 9.75. The summed E-state index contributed by atoms with van der Waals surface area (Å²) in [5.74, 6) is 3.64. The zero-order chi connectivity index (χ0) is 11.6. The van der Waals surface area contributed by atoms with Gasteiger partial charge in [-0.1, -0.05) is 6.58 Å². The van der Waals surface area contributed by atoms with Gasteiger partial charge in [0.1, 0.15) is 0 Å².